The van der Waals surface area contributed by atoms with Crippen LogP contribution in [0.15, 0.2) is 42.7 Å². The highest BCUT2D eigenvalue weighted by Gasteiger charge is 2.00. The number of hydrogen-bond acceptors (Lipinski definition) is 3. The Labute approximate surface area is 108 Å². The number of nitrogens with zero attached hydrogens (tertiary/aromatic N) is 3. The van der Waals surface area contributed by atoms with Gasteiger partial charge in [-0.25, -0.2) is 0 Å². The maximum atomic E-state index is 5.62. The van der Waals surface area contributed by atoms with Crippen molar-refractivity contribution in [1.82, 2.24) is 14.7 Å². The second-order valence-corrected chi connectivity index (χ2v) is 4.58. The molecule has 0 amide bonds. The van der Waals surface area contributed by atoms with E-state index in [1.165, 1.54) is 5.56 Å². The molecule has 2 N–H and O–H groups in total. The number of nitrogen functional groups attached to an aromatic ring is 1. The zero-order chi connectivity index (χ0) is 12.8. The molecule has 4 nitrogen and oxygen atoms in total. The van der Waals surface area contributed by atoms with E-state index in [9.17, 15) is 0 Å². The molecule has 2 aromatic rings. The van der Waals surface area contributed by atoms with Crippen molar-refractivity contribution >= 4 is 5.69 Å². The Kier molecular flexibility index (Phi) is 4.36. The molecule has 0 aliphatic heterocycles. The molecule has 0 fully saturated rings. The van der Waals surface area contributed by atoms with Gasteiger partial charge in [0, 0.05) is 19.3 Å². The van der Waals surface area contributed by atoms with Gasteiger partial charge in [-0.05, 0) is 19.0 Å². The Hall–Kier alpha value is -1.81. The Morgan fingerprint density at radius 1 is 1.22 bits per heavy atom. The first kappa shape index (κ1) is 12.6. The molecule has 96 valence electrons. The first-order chi connectivity index (χ1) is 8.74. The minimum Gasteiger partial charge on any atom is -0.396 e. The molecular formula is C14H20N4. The van der Waals surface area contributed by atoms with Crippen LogP contribution in [0.2, 0.25) is 0 Å². The van der Waals surface area contributed by atoms with Gasteiger partial charge in [-0.2, -0.15) is 5.10 Å². The summed E-state index contributed by atoms with van der Waals surface area (Å²) in [5.41, 5.74) is 7.73. The quantitative estimate of drug-likeness (QED) is 0.840. The Morgan fingerprint density at radius 2 is 2.00 bits per heavy atom. The first-order valence-corrected chi connectivity index (χ1v) is 6.24. The molecule has 18 heavy (non-hydrogen) atoms. The number of hydrogen-bond donors (Lipinski definition) is 1. The fourth-order valence-electron chi connectivity index (χ4n) is 1.85. The summed E-state index contributed by atoms with van der Waals surface area (Å²) in [5, 5.41) is 4.17. The molecule has 2 rings (SSSR count). The third kappa shape index (κ3) is 3.89. The number of rotatable bonds is 6. The molecule has 0 bridgehead atoms. The molecule has 4 heteroatoms. The monoisotopic (exact) mass is 244 g/mol. The van der Waals surface area contributed by atoms with Gasteiger partial charge < -0.3 is 10.6 Å². The van der Waals surface area contributed by atoms with Gasteiger partial charge in [-0.1, -0.05) is 30.3 Å². The molecule has 1 aromatic carbocycles. The topological polar surface area (TPSA) is 47.1 Å². The largest absolute Gasteiger partial charge is 0.396 e. The van der Waals surface area contributed by atoms with Gasteiger partial charge in [0.25, 0.3) is 0 Å². The zero-order valence-corrected chi connectivity index (χ0v) is 10.8. The smallest absolute Gasteiger partial charge is 0.0719 e. The molecule has 0 unspecified atom stereocenters. The average Bonchev–Trinajstić information content (AvgIpc) is 2.81. The van der Waals surface area contributed by atoms with Crippen LogP contribution in [-0.2, 0) is 13.0 Å². The maximum Gasteiger partial charge on any atom is 0.0719 e. The van der Waals surface area contributed by atoms with Crippen molar-refractivity contribution in [1.29, 1.82) is 0 Å². The minimum atomic E-state index is 0.724. The van der Waals surface area contributed by atoms with E-state index in [4.69, 9.17) is 5.73 Å². The molecule has 1 heterocycles. The van der Waals surface area contributed by atoms with Crippen molar-refractivity contribution in [3.63, 3.8) is 0 Å². The van der Waals surface area contributed by atoms with Crippen molar-refractivity contribution < 1.29 is 0 Å². The summed E-state index contributed by atoms with van der Waals surface area (Å²) < 4.78 is 1.88. The number of nitrogens with two attached hydrogens (primary N) is 1. The van der Waals surface area contributed by atoms with E-state index in [1.807, 2.05) is 10.9 Å². The van der Waals surface area contributed by atoms with E-state index in [0.717, 1.165) is 31.7 Å². The highest BCUT2D eigenvalue weighted by molar-refractivity contribution is 5.30. The standard InChI is InChI=1S/C14H20N4/c1-17(8-7-13-5-3-2-4-6-13)9-10-18-12-14(15)11-16-18/h2-6,11-12H,7-10,15H2,1H3. The number of aromatic nitrogens is 2. The average molecular weight is 244 g/mol. The summed E-state index contributed by atoms with van der Waals surface area (Å²) in [6, 6.07) is 10.6. The zero-order valence-electron chi connectivity index (χ0n) is 10.8. The summed E-state index contributed by atoms with van der Waals surface area (Å²) in [6.45, 7) is 2.91. The first-order valence-electron chi connectivity index (χ1n) is 6.24. The van der Waals surface area contributed by atoms with Crippen LogP contribution in [0.1, 0.15) is 5.56 Å². The lowest BCUT2D eigenvalue weighted by Crippen LogP contribution is -2.25. The number of likely N-dealkylation sites (N-methyl/N-ethyl adjacent to an activating group) is 1. The third-order valence-corrected chi connectivity index (χ3v) is 2.99. The van der Waals surface area contributed by atoms with E-state index in [1.54, 1.807) is 6.20 Å². The maximum absolute atomic E-state index is 5.62. The van der Waals surface area contributed by atoms with Crippen molar-refractivity contribution in [2.45, 2.75) is 13.0 Å². The number of anilines is 1. The van der Waals surface area contributed by atoms with Crippen LogP contribution in [0.25, 0.3) is 0 Å². The van der Waals surface area contributed by atoms with E-state index >= 15 is 0 Å². The summed E-state index contributed by atoms with van der Waals surface area (Å²) in [7, 11) is 2.13. The van der Waals surface area contributed by atoms with Crippen molar-refractivity contribution in [3.05, 3.63) is 48.3 Å². The lowest BCUT2D eigenvalue weighted by Gasteiger charge is -2.16. The molecular weight excluding hydrogens is 224 g/mol. The Bertz CT molecular complexity index is 464. The highest BCUT2D eigenvalue weighted by atomic mass is 15.3. The van der Waals surface area contributed by atoms with Crippen LogP contribution < -0.4 is 5.73 Å². The van der Waals surface area contributed by atoms with Gasteiger partial charge in [0.2, 0.25) is 0 Å². The molecule has 0 saturated heterocycles. The van der Waals surface area contributed by atoms with Crippen LogP contribution in [0.4, 0.5) is 5.69 Å². The van der Waals surface area contributed by atoms with E-state index in [-0.39, 0.29) is 0 Å². The van der Waals surface area contributed by atoms with Gasteiger partial charge in [-0.3, -0.25) is 4.68 Å². The third-order valence-electron chi connectivity index (χ3n) is 2.99. The fourth-order valence-corrected chi connectivity index (χ4v) is 1.85. The molecule has 1 aromatic heterocycles. The summed E-state index contributed by atoms with van der Waals surface area (Å²) >= 11 is 0. The predicted molar refractivity (Wildman–Crippen MR) is 74.3 cm³/mol. The summed E-state index contributed by atoms with van der Waals surface area (Å²) in [5.74, 6) is 0. The molecule has 0 spiro atoms. The molecule has 0 aliphatic rings. The van der Waals surface area contributed by atoms with E-state index in [2.05, 4.69) is 47.4 Å². The van der Waals surface area contributed by atoms with Gasteiger partial charge >= 0.3 is 0 Å². The van der Waals surface area contributed by atoms with Crippen molar-refractivity contribution in [2.24, 2.45) is 0 Å². The second-order valence-electron chi connectivity index (χ2n) is 4.58. The normalized spacial score (nSPS) is 11.0. The van der Waals surface area contributed by atoms with Crippen LogP contribution in [0.5, 0.6) is 0 Å². The highest BCUT2D eigenvalue weighted by Crippen LogP contribution is 2.01. The van der Waals surface area contributed by atoms with Crippen molar-refractivity contribution in [3.8, 4) is 0 Å². The summed E-state index contributed by atoms with van der Waals surface area (Å²) in [4.78, 5) is 2.31. The van der Waals surface area contributed by atoms with E-state index in [0.29, 0.717) is 0 Å². The predicted octanol–water partition coefficient (Wildman–Crippen LogP) is 1.64. The number of benzene rings is 1. The molecule has 0 aliphatic carbocycles. The van der Waals surface area contributed by atoms with Gasteiger partial charge in [-0.15, -0.1) is 0 Å². The van der Waals surface area contributed by atoms with Gasteiger partial charge in [0.1, 0.15) is 0 Å². The molecule has 0 saturated carbocycles. The van der Waals surface area contributed by atoms with Crippen molar-refractivity contribution in [2.75, 3.05) is 25.9 Å². The Morgan fingerprint density at radius 3 is 2.67 bits per heavy atom. The lowest BCUT2D eigenvalue weighted by molar-refractivity contribution is 0.316. The second kappa shape index (κ2) is 6.21. The SMILES string of the molecule is CN(CCc1ccccc1)CCn1cc(N)cn1. The molecule has 0 radical (unpaired) electrons. The van der Waals surface area contributed by atoms with E-state index < -0.39 is 0 Å². The van der Waals surface area contributed by atoms with Gasteiger partial charge in [0.15, 0.2) is 0 Å². The lowest BCUT2D eigenvalue weighted by atomic mass is 10.1. The van der Waals surface area contributed by atoms with Crippen LogP contribution in [-0.4, -0.2) is 34.8 Å². The van der Waals surface area contributed by atoms with Crippen LogP contribution in [0, 0.1) is 0 Å². The van der Waals surface area contributed by atoms with Crippen LogP contribution in [0.3, 0.4) is 0 Å². The fraction of sp³-hybridized carbons (Fsp3) is 0.357. The van der Waals surface area contributed by atoms with Crippen LogP contribution >= 0.6 is 0 Å². The minimum absolute atomic E-state index is 0.724. The molecule has 0 atom stereocenters. The Balaban J connectivity index is 1.71. The summed E-state index contributed by atoms with van der Waals surface area (Å²) in [6.07, 6.45) is 4.63. The van der Waals surface area contributed by atoms with Gasteiger partial charge in [0.05, 0.1) is 18.4 Å².